The minimum absolute atomic E-state index is 0.422. The predicted molar refractivity (Wildman–Crippen MR) is 84.9 cm³/mol. The maximum absolute atomic E-state index is 12.0. The van der Waals surface area contributed by atoms with Crippen LogP contribution >= 0.6 is 0 Å². The molecule has 2 atom stereocenters. The van der Waals surface area contributed by atoms with Crippen LogP contribution in [0.1, 0.15) is 31.7 Å². The molecule has 0 amide bonds. The molecule has 1 N–H and O–H groups in total. The third-order valence-corrected chi connectivity index (χ3v) is 4.57. The molecular weight excluding hydrogens is 294 g/mol. The number of nitrogens with zero attached hydrogens (tertiary/aromatic N) is 4. The number of nitrogens with one attached hydrogen (secondary N) is 1. The summed E-state index contributed by atoms with van der Waals surface area (Å²) >= 11 is 0. The Kier molecular flexibility index (Phi) is 2.97. The van der Waals surface area contributed by atoms with Gasteiger partial charge in [0.05, 0.1) is 11.7 Å². The second-order valence-corrected chi connectivity index (χ2v) is 6.39. The summed E-state index contributed by atoms with van der Waals surface area (Å²) in [4.78, 5) is 25.5. The van der Waals surface area contributed by atoms with Gasteiger partial charge in [0.2, 0.25) is 0 Å². The third-order valence-electron chi connectivity index (χ3n) is 4.57. The lowest BCUT2D eigenvalue weighted by Gasteiger charge is -2.09. The largest absolute Gasteiger partial charge is 0.334 e. The minimum Gasteiger partial charge on any atom is -0.274 e. The molecule has 0 aromatic carbocycles. The Balaban J connectivity index is 1.89. The van der Waals surface area contributed by atoms with Gasteiger partial charge in [-0.05, 0) is 41.9 Å². The van der Waals surface area contributed by atoms with Gasteiger partial charge in [-0.15, -0.1) is 9.73 Å². The normalized spacial score (nSPS) is 20.3. The molecular formula is C16H17N5O2. The molecule has 0 bridgehead atoms. The molecule has 7 heteroatoms. The van der Waals surface area contributed by atoms with Crippen LogP contribution in [0.2, 0.25) is 0 Å². The van der Waals surface area contributed by atoms with Crippen LogP contribution in [-0.4, -0.2) is 24.4 Å². The molecule has 3 aromatic rings. The molecule has 0 saturated heterocycles. The Labute approximate surface area is 131 Å². The van der Waals surface area contributed by atoms with Crippen molar-refractivity contribution in [3.05, 3.63) is 57.0 Å². The highest BCUT2D eigenvalue weighted by molar-refractivity contribution is 5.58. The lowest BCUT2D eigenvalue weighted by atomic mass is 10.0. The van der Waals surface area contributed by atoms with Crippen molar-refractivity contribution in [2.24, 2.45) is 11.8 Å². The molecule has 0 radical (unpaired) electrons. The van der Waals surface area contributed by atoms with Gasteiger partial charge in [0.15, 0.2) is 5.82 Å². The van der Waals surface area contributed by atoms with Crippen LogP contribution in [0.25, 0.3) is 11.3 Å². The molecule has 1 saturated carbocycles. The van der Waals surface area contributed by atoms with Crippen LogP contribution in [0.4, 0.5) is 0 Å². The average molecular weight is 311 g/mol. The van der Waals surface area contributed by atoms with Crippen LogP contribution in [0.5, 0.6) is 0 Å². The standard InChI is InChI=1S/C16H17N5O2/c1-9(2)10-7-11(10)12-8-14(19-21-13(12)3-5-17-21)20-6-4-15(22)18-16(20)23/h3-6,8-11H,7H2,1-2H3,(H,18,22,23)/t10-,11+/m1/s1. The Morgan fingerprint density at radius 3 is 2.83 bits per heavy atom. The van der Waals surface area contributed by atoms with Crippen LogP contribution < -0.4 is 11.2 Å². The fraction of sp³-hybridized carbons (Fsp3) is 0.375. The summed E-state index contributed by atoms with van der Waals surface area (Å²) in [5, 5.41) is 8.59. The van der Waals surface area contributed by atoms with Crippen molar-refractivity contribution in [3.8, 4) is 5.82 Å². The Morgan fingerprint density at radius 2 is 2.13 bits per heavy atom. The van der Waals surface area contributed by atoms with Gasteiger partial charge < -0.3 is 0 Å². The van der Waals surface area contributed by atoms with Crippen molar-refractivity contribution in [1.82, 2.24) is 24.4 Å². The van der Waals surface area contributed by atoms with E-state index in [1.165, 1.54) is 16.8 Å². The van der Waals surface area contributed by atoms with Crippen LogP contribution in [0, 0.1) is 11.8 Å². The predicted octanol–water partition coefficient (Wildman–Crippen LogP) is 1.33. The van der Waals surface area contributed by atoms with E-state index in [0.29, 0.717) is 23.6 Å². The first kappa shape index (κ1) is 13.9. The van der Waals surface area contributed by atoms with Gasteiger partial charge in [0.25, 0.3) is 5.56 Å². The van der Waals surface area contributed by atoms with Crippen molar-refractivity contribution in [2.75, 3.05) is 0 Å². The first-order valence-corrected chi connectivity index (χ1v) is 7.72. The van der Waals surface area contributed by atoms with Gasteiger partial charge in [-0.1, -0.05) is 13.8 Å². The van der Waals surface area contributed by atoms with Gasteiger partial charge in [-0.25, -0.2) is 4.79 Å². The summed E-state index contributed by atoms with van der Waals surface area (Å²) in [6.45, 7) is 4.46. The summed E-state index contributed by atoms with van der Waals surface area (Å²) in [7, 11) is 0. The quantitative estimate of drug-likeness (QED) is 0.790. The van der Waals surface area contributed by atoms with Gasteiger partial charge in [-0.2, -0.15) is 5.10 Å². The number of H-pyrrole nitrogens is 1. The number of aromatic nitrogens is 5. The van der Waals surface area contributed by atoms with Gasteiger partial charge in [-0.3, -0.25) is 14.3 Å². The summed E-state index contributed by atoms with van der Waals surface area (Å²) in [5.74, 6) is 2.20. The average Bonchev–Trinajstić information content (AvgIpc) is 3.16. The zero-order chi connectivity index (χ0) is 16.1. The van der Waals surface area contributed by atoms with E-state index >= 15 is 0 Å². The molecule has 1 aliphatic carbocycles. The zero-order valence-corrected chi connectivity index (χ0v) is 12.9. The molecule has 4 rings (SSSR count). The molecule has 23 heavy (non-hydrogen) atoms. The topological polar surface area (TPSA) is 85.0 Å². The Hall–Kier alpha value is -2.70. The molecule has 1 aliphatic rings. The highest BCUT2D eigenvalue weighted by Crippen LogP contribution is 2.52. The van der Waals surface area contributed by atoms with E-state index in [0.717, 1.165) is 17.5 Å². The maximum Gasteiger partial charge on any atom is 0.334 e. The third kappa shape index (κ3) is 2.28. The first-order chi connectivity index (χ1) is 11.0. The van der Waals surface area contributed by atoms with E-state index in [-0.39, 0.29) is 0 Å². The second kappa shape index (κ2) is 4.91. The van der Waals surface area contributed by atoms with Gasteiger partial charge >= 0.3 is 5.69 Å². The number of fused-ring (bicyclic) bond motifs is 1. The van der Waals surface area contributed by atoms with E-state index in [1.807, 2.05) is 12.1 Å². The number of hydrogen-bond acceptors (Lipinski definition) is 4. The summed E-state index contributed by atoms with van der Waals surface area (Å²) in [6.07, 6.45) is 4.29. The fourth-order valence-corrected chi connectivity index (χ4v) is 3.25. The molecule has 1 fully saturated rings. The number of hydrogen-bond donors (Lipinski definition) is 1. The van der Waals surface area contributed by atoms with Crippen molar-refractivity contribution >= 4 is 5.52 Å². The van der Waals surface area contributed by atoms with Crippen molar-refractivity contribution in [2.45, 2.75) is 26.2 Å². The molecule has 7 nitrogen and oxygen atoms in total. The second-order valence-electron chi connectivity index (χ2n) is 6.39. The van der Waals surface area contributed by atoms with Crippen molar-refractivity contribution < 1.29 is 0 Å². The highest BCUT2D eigenvalue weighted by atomic mass is 16.2. The lowest BCUT2D eigenvalue weighted by Crippen LogP contribution is -2.28. The fourth-order valence-electron chi connectivity index (χ4n) is 3.25. The maximum atomic E-state index is 12.0. The molecule has 3 heterocycles. The van der Waals surface area contributed by atoms with Crippen molar-refractivity contribution in [3.63, 3.8) is 0 Å². The van der Waals surface area contributed by atoms with Crippen LogP contribution in [0.3, 0.4) is 0 Å². The van der Waals surface area contributed by atoms with Gasteiger partial charge in [0, 0.05) is 12.3 Å². The minimum atomic E-state index is -0.501. The van der Waals surface area contributed by atoms with Crippen LogP contribution in [-0.2, 0) is 0 Å². The molecule has 0 spiro atoms. The molecule has 3 aromatic heterocycles. The lowest BCUT2D eigenvalue weighted by molar-refractivity contribution is 0.548. The van der Waals surface area contributed by atoms with E-state index in [4.69, 9.17) is 0 Å². The Morgan fingerprint density at radius 1 is 1.30 bits per heavy atom. The highest BCUT2D eigenvalue weighted by Gasteiger charge is 2.41. The molecule has 118 valence electrons. The summed E-state index contributed by atoms with van der Waals surface area (Å²) < 4.78 is 2.89. The van der Waals surface area contributed by atoms with Crippen molar-refractivity contribution in [1.29, 1.82) is 0 Å². The number of aromatic amines is 1. The number of rotatable bonds is 3. The molecule has 0 aliphatic heterocycles. The zero-order valence-electron chi connectivity index (χ0n) is 12.9. The SMILES string of the molecule is CC(C)[C@H]1C[C@@H]1c1cc(-n2ccc(=O)[nH]c2=O)nn2nccc12. The summed E-state index contributed by atoms with van der Waals surface area (Å²) in [5.41, 5.74) is 1.20. The van der Waals surface area contributed by atoms with Crippen LogP contribution in [0.15, 0.2) is 40.2 Å². The Bertz CT molecular complexity index is 997. The van der Waals surface area contributed by atoms with E-state index in [9.17, 15) is 9.59 Å². The monoisotopic (exact) mass is 311 g/mol. The molecule has 0 unspecified atom stereocenters. The van der Waals surface area contributed by atoms with E-state index in [2.05, 4.69) is 29.0 Å². The van der Waals surface area contributed by atoms with E-state index in [1.54, 1.807) is 10.8 Å². The van der Waals surface area contributed by atoms with Gasteiger partial charge in [0.1, 0.15) is 0 Å². The smallest absolute Gasteiger partial charge is 0.274 e. The first-order valence-electron chi connectivity index (χ1n) is 7.72. The summed E-state index contributed by atoms with van der Waals surface area (Å²) in [6, 6.07) is 5.19. The van der Waals surface area contributed by atoms with E-state index < -0.39 is 11.2 Å².